The molecule has 0 unspecified atom stereocenters. The van der Waals surface area contributed by atoms with Crippen LogP contribution in [-0.2, 0) is 19.0 Å². The van der Waals surface area contributed by atoms with Crippen molar-refractivity contribution in [2.45, 2.75) is 74.8 Å². The third-order valence-electron chi connectivity index (χ3n) is 8.00. The molecular weight excluding hydrogens is 620 g/mol. The van der Waals surface area contributed by atoms with E-state index in [9.17, 15) is 61.0 Å². The molecule has 0 radical (unpaired) electrons. The van der Waals surface area contributed by atoms with E-state index in [0.29, 0.717) is 0 Å². The van der Waals surface area contributed by atoms with Gasteiger partial charge in [0.05, 0.1) is 24.3 Å². The van der Waals surface area contributed by atoms with E-state index >= 15 is 0 Å². The van der Waals surface area contributed by atoms with Crippen molar-refractivity contribution in [3.8, 4) is 45.8 Å². The number of phenols is 5. The number of fused-ring (bicyclic) bond motifs is 1. The van der Waals surface area contributed by atoms with Gasteiger partial charge in [-0.05, 0) is 13.8 Å². The summed E-state index contributed by atoms with van der Waals surface area (Å²) in [6, 6.07) is 5.28. The monoisotopic (exact) mass is 653 g/mol. The number of aliphatic hydroxyl groups excluding tert-OH is 5. The van der Waals surface area contributed by atoms with E-state index in [1.165, 1.54) is 13.0 Å². The molecule has 17 nitrogen and oxygen atoms in total. The van der Waals surface area contributed by atoms with E-state index in [1.807, 2.05) is 0 Å². The quantitative estimate of drug-likeness (QED) is 0.107. The number of ether oxygens (including phenoxy) is 4. The van der Waals surface area contributed by atoms with Crippen LogP contribution in [0.2, 0.25) is 0 Å². The second-order valence-electron chi connectivity index (χ2n) is 11.1. The molecule has 2 saturated heterocycles. The molecule has 46 heavy (non-hydrogen) atoms. The van der Waals surface area contributed by atoms with Crippen LogP contribution < -0.4 is 4.74 Å². The molecule has 0 bridgehead atoms. The number of aromatic hydroxyl groups is 5. The number of aliphatic hydroxyl groups is 6. The molecule has 3 aromatic rings. The summed E-state index contributed by atoms with van der Waals surface area (Å²) in [5.74, 6) is -4.79. The summed E-state index contributed by atoms with van der Waals surface area (Å²) in [6.07, 6.45) is -15.8. The molecular formula is C29H33O17+. The van der Waals surface area contributed by atoms with Gasteiger partial charge < -0.3 is 75.1 Å². The average Bonchev–Trinajstić information content (AvgIpc) is 3.00. The Morgan fingerprint density at radius 3 is 2.13 bits per heavy atom. The van der Waals surface area contributed by atoms with Crippen LogP contribution in [0.1, 0.15) is 13.8 Å². The number of hydrogen-bond acceptors (Lipinski definition) is 16. The van der Waals surface area contributed by atoms with Gasteiger partial charge in [-0.1, -0.05) is 0 Å². The molecule has 0 amide bonds. The first-order valence-corrected chi connectivity index (χ1v) is 13.9. The van der Waals surface area contributed by atoms with Crippen LogP contribution in [-0.4, -0.2) is 129 Å². The smallest absolute Gasteiger partial charge is 0.402 e. The van der Waals surface area contributed by atoms with Crippen molar-refractivity contribution in [1.82, 2.24) is 0 Å². The summed E-state index contributed by atoms with van der Waals surface area (Å²) in [5, 5.41) is 114. The minimum atomic E-state index is -2.65. The number of phenolic OH excluding ortho intramolecular Hbond substituents is 5. The van der Waals surface area contributed by atoms with Gasteiger partial charge in [0.15, 0.2) is 34.9 Å². The lowest BCUT2D eigenvalue weighted by molar-refractivity contribution is -0.332. The van der Waals surface area contributed by atoms with Gasteiger partial charge in [-0.25, -0.2) is 4.42 Å². The maximum atomic E-state index is 12.1. The van der Waals surface area contributed by atoms with E-state index in [4.69, 9.17) is 23.4 Å². The number of rotatable bonds is 7. The van der Waals surface area contributed by atoms with Gasteiger partial charge in [-0.3, -0.25) is 4.79 Å². The number of carbonyl (C=O) groups is 1. The number of Topliss-reactive ketones (excluding diaryl/α,β-unsaturated/α-hetero) is 1. The SMILES string of the molecule is CC(=O)[C@]1(O)[C@@H](O)[C@H](OC[C@@H]2O[C@H](Oc3cc4c(O)cc(O)cc4[o+]c3-c3cc(O)c(O)c(O)c3)[C@@H](O)[C@H](O)[C@H]2O)O[C@@H](C)[C@@H]1O. The number of hydrogen-bond donors (Lipinski definition) is 11. The summed E-state index contributed by atoms with van der Waals surface area (Å²) in [4.78, 5) is 12.1. The zero-order chi connectivity index (χ0) is 33.8. The molecule has 2 aliphatic heterocycles. The molecule has 5 rings (SSSR count). The van der Waals surface area contributed by atoms with E-state index in [-0.39, 0.29) is 33.8 Å². The maximum absolute atomic E-state index is 12.1. The topological polar surface area (TPSA) is 288 Å². The molecule has 10 atom stereocenters. The Labute approximate surface area is 258 Å². The van der Waals surface area contributed by atoms with Crippen molar-refractivity contribution < 1.29 is 84.3 Å². The third-order valence-corrected chi connectivity index (χ3v) is 8.00. The van der Waals surface area contributed by atoms with E-state index < -0.39 is 96.3 Å². The number of benzene rings is 2. The van der Waals surface area contributed by atoms with Gasteiger partial charge in [-0.15, -0.1) is 0 Å². The molecule has 0 saturated carbocycles. The predicted molar refractivity (Wildman–Crippen MR) is 150 cm³/mol. The fourth-order valence-electron chi connectivity index (χ4n) is 5.32. The summed E-state index contributed by atoms with van der Waals surface area (Å²) in [5.41, 5.74) is -2.85. The Hall–Kier alpha value is -4.04. The summed E-state index contributed by atoms with van der Waals surface area (Å²) in [6.45, 7) is 1.58. The molecule has 2 aromatic carbocycles. The lowest BCUT2D eigenvalue weighted by Crippen LogP contribution is -2.69. The van der Waals surface area contributed by atoms with Crippen LogP contribution >= 0.6 is 0 Å². The highest BCUT2D eigenvalue weighted by atomic mass is 16.7. The van der Waals surface area contributed by atoms with Crippen LogP contribution in [0.4, 0.5) is 0 Å². The highest BCUT2D eigenvalue weighted by molar-refractivity contribution is 5.89. The Morgan fingerprint density at radius 1 is 0.848 bits per heavy atom. The second-order valence-corrected chi connectivity index (χ2v) is 11.1. The van der Waals surface area contributed by atoms with Crippen molar-refractivity contribution in [3.05, 3.63) is 30.3 Å². The fourth-order valence-corrected chi connectivity index (χ4v) is 5.32. The van der Waals surface area contributed by atoms with Gasteiger partial charge in [0, 0.05) is 24.3 Å². The van der Waals surface area contributed by atoms with Gasteiger partial charge in [0.25, 0.3) is 0 Å². The highest BCUT2D eigenvalue weighted by Gasteiger charge is 2.58. The standard InChI is InChI=1S/C29H32O17/c1-9-25(39)29(41,10(2)30)26(40)28(43-9)42-8-19-21(36)22(37)23(38)27(46-19)45-18-7-13-14(32)5-12(31)6-17(13)44-24(18)11-3-15(33)20(35)16(34)4-11/h3-7,9,19,21-23,25-28,36-41H,8H2,1-2H3,(H4-,31,32,33,34,35)/p+1/t9-,19-,21-,22+,23-,25-,26-,27-,28+,29+/m0/s1. The van der Waals surface area contributed by atoms with Crippen LogP contribution in [0.15, 0.2) is 34.7 Å². The van der Waals surface area contributed by atoms with Crippen molar-refractivity contribution in [2.24, 2.45) is 0 Å². The van der Waals surface area contributed by atoms with Crippen LogP contribution in [0.25, 0.3) is 22.3 Å². The Kier molecular flexibility index (Phi) is 8.90. The first-order valence-electron chi connectivity index (χ1n) is 13.9. The first-order chi connectivity index (χ1) is 21.5. The molecule has 1 aromatic heterocycles. The summed E-state index contributed by atoms with van der Waals surface area (Å²) < 4.78 is 28.2. The maximum Gasteiger partial charge on any atom is 0.402 e. The van der Waals surface area contributed by atoms with Gasteiger partial charge in [-0.2, -0.15) is 0 Å². The van der Waals surface area contributed by atoms with E-state index in [0.717, 1.165) is 31.2 Å². The molecule has 0 spiro atoms. The Balaban J connectivity index is 1.45. The van der Waals surface area contributed by atoms with Gasteiger partial charge in [0.1, 0.15) is 53.5 Å². The zero-order valence-electron chi connectivity index (χ0n) is 24.2. The molecule has 2 aliphatic rings. The Morgan fingerprint density at radius 2 is 1.50 bits per heavy atom. The minimum absolute atomic E-state index is 0.0211. The van der Waals surface area contributed by atoms with Gasteiger partial charge >= 0.3 is 11.3 Å². The van der Waals surface area contributed by atoms with Crippen molar-refractivity contribution in [2.75, 3.05) is 6.61 Å². The Bertz CT molecular complexity index is 1610. The molecule has 0 aliphatic carbocycles. The van der Waals surface area contributed by atoms with E-state index in [2.05, 4.69) is 0 Å². The summed E-state index contributed by atoms with van der Waals surface area (Å²) in [7, 11) is 0. The van der Waals surface area contributed by atoms with Crippen molar-refractivity contribution >= 4 is 16.8 Å². The highest BCUT2D eigenvalue weighted by Crippen LogP contribution is 2.45. The van der Waals surface area contributed by atoms with Crippen molar-refractivity contribution in [1.29, 1.82) is 0 Å². The number of carbonyl (C=O) groups excluding carboxylic acids is 1. The average molecular weight is 654 g/mol. The second kappa shape index (κ2) is 12.3. The lowest BCUT2D eigenvalue weighted by atomic mass is 9.81. The van der Waals surface area contributed by atoms with Crippen LogP contribution in [0.3, 0.4) is 0 Å². The summed E-state index contributed by atoms with van der Waals surface area (Å²) >= 11 is 0. The zero-order valence-corrected chi connectivity index (χ0v) is 24.2. The van der Waals surface area contributed by atoms with Crippen LogP contribution in [0.5, 0.6) is 34.5 Å². The molecule has 3 heterocycles. The molecule has 17 heteroatoms. The lowest BCUT2D eigenvalue weighted by Gasteiger charge is -2.46. The van der Waals surface area contributed by atoms with Gasteiger partial charge in [0.2, 0.25) is 12.0 Å². The number of ketones is 1. The first kappa shape index (κ1) is 33.3. The molecule has 11 N–H and O–H groups in total. The third kappa shape index (κ3) is 5.72. The molecule has 250 valence electrons. The largest absolute Gasteiger partial charge is 0.507 e. The fraction of sp³-hybridized carbons (Fsp3) is 0.448. The minimum Gasteiger partial charge on any atom is -0.507 e. The van der Waals surface area contributed by atoms with Crippen molar-refractivity contribution in [3.63, 3.8) is 0 Å². The van der Waals surface area contributed by atoms with E-state index in [1.54, 1.807) is 0 Å². The normalized spacial score (nSPS) is 33.2. The molecule has 2 fully saturated rings. The van der Waals surface area contributed by atoms with Crippen LogP contribution in [0, 0.1) is 0 Å². The predicted octanol–water partition coefficient (Wildman–Crippen LogP) is -1.10.